The average molecular weight is 360 g/mol. The van der Waals surface area contributed by atoms with Crippen LogP contribution in [-0.2, 0) is 25.4 Å². The number of imidazole rings is 1. The number of hydrogen-bond donors (Lipinski definition) is 2. The molecule has 2 N–H and O–H groups in total. The van der Waals surface area contributed by atoms with Gasteiger partial charge in [0.25, 0.3) is 5.56 Å². The lowest BCUT2D eigenvalue weighted by molar-refractivity contribution is -0.139. The van der Waals surface area contributed by atoms with Gasteiger partial charge in [-0.1, -0.05) is 13.3 Å². The van der Waals surface area contributed by atoms with Crippen molar-refractivity contribution in [2.24, 2.45) is 14.1 Å². The number of carboxylic acid groups (broad SMARTS) is 1. The SMILES string of the molecule is CCCC(NCCn1cnc2c1c(=O)n(C)c(=O)n2C)C(=O)O.Cl. The number of rotatable bonds is 7. The van der Waals surface area contributed by atoms with Gasteiger partial charge in [0.2, 0.25) is 0 Å². The third-order valence-corrected chi connectivity index (χ3v) is 3.84. The molecule has 0 bridgehead atoms. The first-order valence-corrected chi connectivity index (χ1v) is 7.45. The zero-order chi connectivity index (χ0) is 17.1. The fourth-order valence-corrected chi connectivity index (χ4v) is 2.53. The van der Waals surface area contributed by atoms with Gasteiger partial charge in [-0.15, -0.1) is 12.4 Å². The molecule has 0 spiro atoms. The van der Waals surface area contributed by atoms with E-state index in [0.717, 1.165) is 11.0 Å². The molecule has 0 radical (unpaired) electrons. The molecule has 0 aromatic carbocycles. The molecule has 0 amide bonds. The molecule has 10 heteroatoms. The van der Waals surface area contributed by atoms with Crippen molar-refractivity contribution < 1.29 is 9.90 Å². The van der Waals surface area contributed by atoms with Crippen molar-refractivity contribution >= 4 is 29.5 Å². The van der Waals surface area contributed by atoms with Gasteiger partial charge in [0.1, 0.15) is 6.04 Å². The highest BCUT2D eigenvalue weighted by Gasteiger charge is 2.17. The van der Waals surface area contributed by atoms with Gasteiger partial charge in [0, 0.05) is 27.2 Å². The zero-order valence-electron chi connectivity index (χ0n) is 13.9. The summed E-state index contributed by atoms with van der Waals surface area (Å²) in [5.74, 6) is -0.888. The molecule has 2 heterocycles. The summed E-state index contributed by atoms with van der Waals surface area (Å²) in [6.45, 7) is 2.69. The predicted octanol–water partition coefficient (Wildman–Crippen LogP) is -0.302. The first-order valence-electron chi connectivity index (χ1n) is 7.45. The Bertz CT molecular complexity index is 838. The molecule has 0 aliphatic rings. The van der Waals surface area contributed by atoms with E-state index in [4.69, 9.17) is 5.11 Å². The highest BCUT2D eigenvalue weighted by Crippen LogP contribution is 2.05. The number of aliphatic carboxylic acids is 1. The standard InChI is InChI=1S/C14H21N5O4.ClH/c1-4-5-9(13(21)22)15-6-7-19-8-16-11-10(19)12(20)18(3)14(23)17(11)2;/h8-9,15H,4-7H2,1-3H3,(H,21,22);1H. The van der Waals surface area contributed by atoms with Crippen LogP contribution in [0, 0.1) is 0 Å². The fourth-order valence-electron chi connectivity index (χ4n) is 2.53. The normalized spacial score (nSPS) is 12.1. The van der Waals surface area contributed by atoms with Crippen molar-refractivity contribution in [3.8, 4) is 0 Å². The minimum atomic E-state index is -0.888. The Balaban J connectivity index is 0.00000288. The maximum absolute atomic E-state index is 12.3. The average Bonchev–Trinajstić information content (AvgIpc) is 2.94. The predicted molar refractivity (Wildman–Crippen MR) is 91.8 cm³/mol. The summed E-state index contributed by atoms with van der Waals surface area (Å²) in [4.78, 5) is 39.3. The van der Waals surface area contributed by atoms with Gasteiger partial charge >= 0.3 is 11.7 Å². The van der Waals surface area contributed by atoms with Crippen LogP contribution in [0.4, 0.5) is 0 Å². The quantitative estimate of drug-likeness (QED) is 0.702. The molecule has 1 unspecified atom stereocenters. The molecule has 1 atom stereocenters. The van der Waals surface area contributed by atoms with Crippen LogP contribution in [0.5, 0.6) is 0 Å². The molecule has 2 rings (SSSR count). The number of aryl methyl sites for hydroxylation is 1. The van der Waals surface area contributed by atoms with E-state index in [9.17, 15) is 14.4 Å². The van der Waals surface area contributed by atoms with Crippen LogP contribution < -0.4 is 16.6 Å². The van der Waals surface area contributed by atoms with E-state index in [0.29, 0.717) is 30.7 Å². The second-order valence-corrected chi connectivity index (χ2v) is 5.45. The van der Waals surface area contributed by atoms with E-state index < -0.39 is 23.3 Å². The third-order valence-electron chi connectivity index (χ3n) is 3.84. The summed E-state index contributed by atoms with van der Waals surface area (Å²) < 4.78 is 3.98. The maximum Gasteiger partial charge on any atom is 0.332 e. The summed E-state index contributed by atoms with van der Waals surface area (Å²) >= 11 is 0. The van der Waals surface area contributed by atoms with Crippen LogP contribution in [-0.4, -0.2) is 42.3 Å². The van der Waals surface area contributed by atoms with Gasteiger partial charge in [-0.3, -0.25) is 18.7 Å². The lowest BCUT2D eigenvalue weighted by Gasteiger charge is -2.13. The van der Waals surface area contributed by atoms with Gasteiger partial charge in [-0.25, -0.2) is 9.78 Å². The van der Waals surface area contributed by atoms with Crippen LogP contribution in [0.25, 0.3) is 11.2 Å². The van der Waals surface area contributed by atoms with Crippen LogP contribution >= 0.6 is 12.4 Å². The molecule has 0 fully saturated rings. The van der Waals surface area contributed by atoms with Crippen LogP contribution in [0.1, 0.15) is 19.8 Å². The first-order chi connectivity index (χ1) is 10.9. The van der Waals surface area contributed by atoms with Crippen molar-refractivity contribution in [2.75, 3.05) is 6.54 Å². The van der Waals surface area contributed by atoms with Gasteiger partial charge in [0.05, 0.1) is 6.33 Å². The number of fused-ring (bicyclic) bond motifs is 1. The van der Waals surface area contributed by atoms with Gasteiger partial charge in [-0.05, 0) is 6.42 Å². The van der Waals surface area contributed by atoms with Crippen molar-refractivity contribution in [1.82, 2.24) is 24.0 Å². The van der Waals surface area contributed by atoms with E-state index in [1.807, 2.05) is 6.92 Å². The van der Waals surface area contributed by atoms with Gasteiger partial charge < -0.3 is 15.0 Å². The molecule has 0 saturated heterocycles. The molecule has 0 aliphatic heterocycles. The Morgan fingerprint density at radius 1 is 1.33 bits per heavy atom. The van der Waals surface area contributed by atoms with Crippen molar-refractivity contribution in [3.05, 3.63) is 27.2 Å². The number of halogens is 1. The Morgan fingerprint density at radius 2 is 2.00 bits per heavy atom. The summed E-state index contributed by atoms with van der Waals surface area (Å²) in [7, 11) is 2.98. The van der Waals surface area contributed by atoms with E-state index in [1.165, 1.54) is 17.9 Å². The highest BCUT2D eigenvalue weighted by atomic mass is 35.5. The molecular weight excluding hydrogens is 338 g/mol. The number of aromatic nitrogens is 4. The smallest absolute Gasteiger partial charge is 0.332 e. The number of carboxylic acids is 1. The second-order valence-electron chi connectivity index (χ2n) is 5.45. The maximum atomic E-state index is 12.3. The summed E-state index contributed by atoms with van der Waals surface area (Å²) in [6, 6.07) is -0.609. The van der Waals surface area contributed by atoms with E-state index >= 15 is 0 Å². The molecule has 0 saturated carbocycles. The largest absolute Gasteiger partial charge is 0.480 e. The number of nitrogens with one attached hydrogen (secondary N) is 1. The van der Waals surface area contributed by atoms with Crippen LogP contribution in [0.3, 0.4) is 0 Å². The molecule has 24 heavy (non-hydrogen) atoms. The molecule has 2 aromatic rings. The minimum absolute atomic E-state index is 0. The highest BCUT2D eigenvalue weighted by molar-refractivity contribution is 5.85. The topological polar surface area (TPSA) is 111 Å². The van der Waals surface area contributed by atoms with Crippen molar-refractivity contribution in [2.45, 2.75) is 32.4 Å². The molecule has 134 valence electrons. The van der Waals surface area contributed by atoms with Crippen molar-refractivity contribution in [1.29, 1.82) is 0 Å². The molecular formula is C14H22ClN5O4. The molecule has 0 aliphatic carbocycles. The summed E-state index contributed by atoms with van der Waals surface area (Å²) in [5.41, 5.74) is -0.191. The summed E-state index contributed by atoms with van der Waals surface area (Å²) in [6.07, 6.45) is 2.79. The number of nitrogens with zero attached hydrogens (tertiary/aromatic N) is 4. The van der Waals surface area contributed by atoms with Crippen molar-refractivity contribution in [3.63, 3.8) is 0 Å². The third kappa shape index (κ3) is 3.68. The minimum Gasteiger partial charge on any atom is -0.480 e. The lowest BCUT2D eigenvalue weighted by Crippen LogP contribution is -2.39. The Labute approximate surface area is 144 Å². The first kappa shape index (κ1) is 19.9. The van der Waals surface area contributed by atoms with E-state index in [1.54, 1.807) is 11.6 Å². The zero-order valence-corrected chi connectivity index (χ0v) is 14.7. The summed E-state index contributed by atoms with van der Waals surface area (Å²) in [5, 5.41) is 12.1. The van der Waals surface area contributed by atoms with Gasteiger partial charge in [-0.2, -0.15) is 0 Å². The molecule has 2 aromatic heterocycles. The lowest BCUT2D eigenvalue weighted by atomic mass is 10.2. The Hall–Kier alpha value is -2.13. The monoisotopic (exact) mass is 359 g/mol. The number of carbonyl (C=O) groups is 1. The van der Waals surface area contributed by atoms with E-state index in [-0.39, 0.29) is 12.4 Å². The van der Waals surface area contributed by atoms with Crippen LogP contribution in [0.15, 0.2) is 15.9 Å². The van der Waals surface area contributed by atoms with E-state index in [2.05, 4.69) is 10.3 Å². The Morgan fingerprint density at radius 3 is 2.58 bits per heavy atom. The van der Waals surface area contributed by atoms with Gasteiger partial charge in [0.15, 0.2) is 11.2 Å². The number of hydrogen-bond acceptors (Lipinski definition) is 5. The second kappa shape index (κ2) is 8.11. The fraction of sp³-hybridized carbons (Fsp3) is 0.571. The Kier molecular flexibility index (Phi) is 6.73. The molecule has 9 nitrogen and oxygen atoms in total. The van der Waals surface area contributed by atoms with Crippen LogP contribution in [0.2, 0.25) is 0 Å².